The van der Waals surface area contributed by atoms with Gasteiger partial charge in [-0.15, -0.1) is 0 Å². The van der Waals surface area contributed by atoms with Crippen LogP contribution in [0.4, 0.5) is 11.4 Å². The van der Waals surface area contributed by atoms with Gasteiger partial charge < -0.3 is 23.8 Å². The number of benzene rings is 3. The predicted octanol–water partition coefficient (Wildman–Crippen LogP) is 7.72. The standard InChI is InChI=1S/C15H12BNO2.C13H9BN2O3.2C2H6.CH4/c1-16-15-8-7-14(9-11(15)10-18-16)19-13-5-3-12(17-2)4-6-13;1-15-10-2-5-13(16-7-10)19-11-3-4-12-9(6-11)8-18-14(12)17;2*1-2;/h3-9H,10H2,1H3;2-7,17H,8H2;2*1-2H3;1H4. The van der Waals surface area contributed by atoms with Gasteiger partial charge in [0.1, 0.15) is 17.2 Å². The molecule has 6 rings (SSSR count). The largest absolute Gasteiger partial charge is 0.491 e. The Bertz CT molecular complexity index is 1420. The highest BCUT2D eigenvalue weighted by Gasteiger charge is 2.27. The molecule has 0 saturated carbocycles. The zero-order valence-corrected chi connectivity index (χ0v) is 24.5. The summed E-state index contributed by atoms with van der Waals surface area (Å²) in [6, 6.07) is 21.8. The number of aromatic nitrogens is 1. The molecular formula is C33H37B2N3O5. The number of pyridine rings is 1. The van der Waals surface area contributed by atoms with E-state index in [1.807, 2.05) is 45.9 Å². The van der Waals surface area contributed by atoms with E-state index in [0.717, 1.165) is 22.5 Å². The molecule has 0 atom stereocenters. The normalized spacial score (nSPS) is 11.7. The molecule has 3 aromatic carbocycles. The maximum absolute atomic E-state index is 9.52. The van der Waals surface area contributed by atoms with E-state index in [2.05, 4.69) is 27.6 Å². The number of fused-ring (bicyclic) bond motifs is 2. The molecule has 1 aromatic heterocycles. The highest BCUT2D eigenvalue weighted by atomic mass is 16.5. The Morgan fingerprint density at radius 2 is 1.26 bits per heavy atom. The second kappa shape index (κ2) is 17.4. The van der Waals surface area contributed by atoms with Crippen molar-refractivity contribution in [3.05, 3.63) is 113 Å². The lowest BCUT2D eigenvalue weighted by Gasteiger charge is -2.07. The fraction of sp³-hybridized carbons (Fsp3) is 0.242. The SMILES string of the molecule is C.CC.CC.[C-]#[N+]c1ccc(Oc2ccc3c(c2)COB3C)cc1.[C-]#[N+]c1ccc(Oc2ccc3c(c2)COB3O)nc1. The summed E-state index contributed by atoms with van der Waals surface area (Å²) in [4.78, 5) is 10.7. The molecule has 0 amide bonds. The molecule has 10 heteroatoms. The van der Waals surface area contributed by atoms with Gasteiger partial charge in [-0.1, -0.05) is 66.2 Å². The minimum Gasteiger partial charge on any atom is -0.457 e. The number of nitrogens with zero attached hydrogens (tertiary/aromatic N) is 3. The first-order valence-corrected chi connectivity index (χ1v) is 13.9. The third-order valence-corrected chi connectivity index (χ3v) is 6.09. The Balaban J connectivity index is 0.000000264. The Hall–Kier alpha value is -4.60. The molecule has 8 nitrogen and oxygen atoms in total. The van der Waals surface area contributed by atoms with Crippen molar-refractivity contribution in [3.8, 4) is 23.1 Å². The van der Waals surface area contributed by atoms with Gasteiger partial charge in [-0.05, 0) is 70.6 Å². The summed E-state index contributed by atoms with van der Waals surface area (Å²) in [5.74, 6) is 2.58. The van der Waals surface area contributed by atoms with Crippen molar-refractivity contribution in [2.24, 2.45) is 0 Å². The van der Waals surface area contributed by atoms with Crippen molar-refractivity contribution in [3.63, 3.8) is 0 Å². The average molecular weight is 577 g/mol. The van der Waals surface area contributed by atoms with E-state index in [-0.39, 0.29) is 14.3 Å². The molecule has 0 saturated heterocycles. The van der Waals surface area contributed by atoms with Gasteiger partial charge in [-0.2, -0.15) is 0 Å². The summed E-state index contributed by atoms with van der Waals surface area (Å²) in [7, 11) is -0.847. The predicted molar refractivity (Wildman–Crippen MR) is 174 cm³/mol. The fourth-order valence-electron chi connectivity index (χ4n) is 4.09. The average Bonchev–Trinajstić information content (AvgIpc) is 3.61. The summed E-state index contributed by atoms with van der Waals surface area (Å²) in [5, 5.41) is 9.52. The zero-order valence-electron chi connectivity index (χ0n) is 24.5. The van der Waals surface area contributed by atoms with Crippen LogP contribution in [0.5, 0.6) is 23.1 Å². The molecule has 0 fully saturated rings. The van der Waals surface area contributed by atoms with E-state index in [9.17, 15) is 5.02 Å². The summed E-state index contributed by atoms with van der Waals surface area (Å²) < 4.78 is 22.0. The van der Waals surface area contributed by atoms with Crippen LogP contribution >= 0.6 is 0 Å². The third-order valence-electron chi connectivity index (χ3n) is 6.09. The van der Waals surface area contributed by atoms with E-state index in [1.54, 1.807) is 48.5 Å². The van der Waals surface area contributed by atoms with E-state index < -0.39 is 7.12 Å². The van der Waals surface area contributed by atoms with Crippen LogP contribution in [-0.4, -0.2) is 24.0 Å². The van der Waals surface area contributed by atoms with Crippen LogP contribution in [0.3, 0.4) is 0 Å². The van der Waals surface area contributed by atoms with E-state index in [1.165, 1.54) is 17.2 Å². The smallest absolute Gasteiger partial charge is 0.457 e. The first kappa shape index (κ1) is 34.6. The van der Waals surface area contributed by atoms with Crippen LogP contribution in [0.1, 0.15) is 46.2 Å². The van der Waals surface area contributed by atoms with Gasteiger partial charge >= 0.3 is 14.0 Å². The molecule has 220 valence electrons. The molecule has 4 aromatic rings. The molecule has 1 N–H and O–H groups in total. The second-order valence-corrected chi connectivity index (χ2v) is 8.61. The maximum Gasteiger partial charge on any atom is 0.491 e. The van der Waals surface area contributed by atoms with E-state index in [4.69, 9.17) is 31.9 Å². The van der Waals surface area contributed by atoms with Gasteiger partial charge in [0, 0.05) is 6.20 Å². The molecule has 0 aliphatic carbocycles. The summed E-state index contributed by atoms with van der Waals surface area (Å²) in [6.07, 6.45) is 1.46. The third kappa shape index (κ3) is 9.19. The summed E-state index contributed by atoms with van der Waals surface area (Å²) in [6.45, 7) is 25.0. The minimum atomic E-state index is -0.847. The van der Waals surface area contributed by atoms with Crippen LogP contribution in [0, 0.1) is 13.1 Å². The Morgan fingerprint density at radius 1 is 0.721 bits per heavy atom. The molecule has 2 aliphatic rings. The Kier molecular flexibility index (Phi) is 14.0. The first-order chi connectivity index (χ1) is 20.5. The molecule has 0 spiro atoms. The number of hydrogen-bond acceptors (Lipinski definition) is 6. The van der Waals surface area contributed by atoms with Gasteiger partial charge in [0.25, 0.3) is 0 Å². The quantitative estimate of drug-likeness (QED) is 0.198. The Morgan fingerprint density at radius 3 is 1.86 bits per heavy atom. The van der Waals surface area contributed by atoms with E-state index >= 15 is 0 Å². The first-order valence-electron chi connectivity index (χ1n) is 13.9. The monoisotopic (exact) mass is 577 g/mol. The van der Waals surface area contributed by atoms with Crippen molar-refractivity contribution in [2.75, 3.05) is 0 Å². The van der Waals surface area contributed by atoms with Crippen LogP contribution < -0.4 is 20.4 Å². The summed E-state index contributed by atoms with van der Waals surface area (Å²) in [5.41, 5.74) is 5.17. The van der Waals surface area contributed by atoms with Gasteiger partial charge in [0.2, 0.25) is 11.6 Å². The van der Waals surface area contributed by atoms with E-state index in [0.29, 0.717) is 36.2 Å². The van der Waals surface area contributed by atoms with Crippen LogP contribution in [0.25, 0.3) is 9.69 Å². The minimum absolute atomic E-state index is 0. The highest BCUT2D eigenvalue weighted by molar-refractivity contribution is 6.67. The lowest BCUT2D eigenvalue weighted by atomic mass is 9.64. The van der Waals surface area contributed by atoms with Crippen LogP contribution in [0.2, 0.25) is 6.82 Å². The van der Waals surface area contributed by atoms with Crippen LogP contribution in [-0.2, 0) is 22.5 Å². The van der Waals surface area contributed by atoms with Crippen molar-refractivity contribution < 1.29 is 23.8 Å². The van der Waals surface area contributed by atoms with Gasteiger partial charge in [0.15, 0.2) is 5.69 Å². The molecule has 0 unspecified atom stereocenters. The maximum atomic E-state index is 9.52. The van der Waals surface area contributed by atoms with Crippen LogP contribution in [0.15, 0.2) is 79.0 Å². The van der Waals surface area contributed by atoms with Crippen molar-refractivity contribution in [1.82, 2.24) is 4.98 Å². The molecule has 3 heterocycles. The van der Waals surface area contributed by atoms with Gasteiger partial charge in [-0.25, -0.2) is 14.7 Å². The number of ether oxygens (including phenoxy) is 2. The topological polar surface area (TPSA) is 78.8 Å². The molecule has 43 heavy (non-hydrogen) atoms. The van der Waals surface area contributed by atoms with Crippen molar-refractivity contribution in [2.45, 2.75) is 55.2 Å². The van der Waals surface area contributed by atoms with Crippen molar-refractivity contribution >= 4 is 36.3 Å². The molecular weight excluding hydrogens is 540 g/mol. The number of rotatable bonds is 4. The fourth-order valence-corrected chi connectivity index (χ4v) is 4.09. The molecule has 0 radical (unpaired) electrons. The lowest BCUT2D eigenvalue weighted by Crippen LogP contribution is -2.27. The number of hydrogen-bond donors (Lipinski definition) is 1. The van der Waals surface area contributed by atoms with Gasteiger partial charge in [0.05, 0.1) is 26.4 Å². The lowest BCUT2D eigenvalue weighted by molar-refractivity contribution is 0.275. The second-order valence-electron chi connectivity index (χ2n) is 8.61. The highest BCUT2D eigenvalue weighted by Crippen LogP contribution is 2.26. The zero-order chi connectivity index (χ0) is 30.5. The van der Waals surface area contributed by atoms with Crippen molar-refractivity contribution in [1.29, 1.82) is 0 Å². The molecule has 0 bridgehead atoms. The Labute approximate surface area is 256 Å². The van der Waals surface area contributed by atoms with Gasteiger partial charge in [-0.3, -0.25) is 0 Å². The molecule has 2 aliphatic heterocycles. The summed E-state index contributed by atoms with van der Waals surface area (Å²) >= 11 is 0.